The first-order valence-electron chi connectivity index (χ1n) is 7.18. The summed E-state index contributed by atoms with van der Waals surface area (Å²) in [5.74, 6) is 2.01. The highest BCUT2D eigenvalue weighted by Crippen LogP contribution is 2.32. The van der Waals surface area contributed by atoms with Crippen LogP contribution in [0.5, 0.6) is 11.5 Å². The fraction of sp³-hybridized carbons (Fsp3) is 0.533. The van der Waals surface area contributed by atoms with Gasteiger partial charge in [-0.15, -0.1) is 0 Å². The molecular formula is C15H20N2O3. The number of hydrogen-bond acceptors (Lipinski definition) is 3. The number of piperidine rings is 1. The van der Waals surface area contributed by atoms with Crippen molar-refractivity contribution in [2.45, 2.75) is 19.8 Å². The summed E-state index contributed by atoms with van der Waals surface area (Å²) in [4.78, 5) is 14.1. The second-order valence-electron chi connectivity index (χ2n) is 5.48. The summed E-state index contributed by atoms with van der Waals surface area (Å²) in [7, 11) is 0. The van der Waals surface area contributed by atoms with Gasteiger partial charge in [-0.05, 0) is 30.9 Å². The fourth-order valence-electron chi connectivity index (χ4n) is 2.70. The molecule has 2 aliphatic heterocycles. The summed E-state index contributed by atoms with van der Waals surface area (Å²) < 4.78 is 11.0. The minimum absolute atomic E-state index is 0.0340. The Bertz CT molecular complexity index is 504. The second-order valence-corrected chi connectivity index (χ2v) is 5.48. The van der Waals surface area contributed by atoms with Gasteiger partial charge in [0, 0.05) is 24.8 Å². The Hall–Kier alpha value is -1.91. The zero-order chi connectivity index (χ0) is 13.9. The summed E-state index contributed by atoms with van der Waals surface area (Å²) in [6.07, 6.45) is 2.28. The molecule has 0 aromatic heterocycles. The highest BCUT2D eigenvalue weighted by molar-refractivity contribution is 5.89. The summed E-state index contributed by atoms with van der Waals surface area (Å²) in [6.45, 7) is 4.97. The Labute approximate surface area is 118 Å². The van der Waals surface area contributed by atoms with Crippen LogP contribution in [0.3, 0.4) is 0 Å². The van der Waals surface area contributed by atoms with Crippen LogP contribution in [-0.2, 0) is 0 Å². The van der Waals surface area contributed by atoms with Crippen LogP contribution >= 0.6 is 0 Å². The van der Waals surface area contributed by atoms with Crippen LogP contribution in [0, 0.1) is 5.92 Å². The molecule has 1 atom stereocenters. The maximum atomic E-state index is 12.2. The first-order valence-corrected chi connectivity index (χ1v) is 7.18. The van der Waals surface area contributed by atoms with Crippen molar-refractivity contribution in [3.05, 3.63) is 18.2 Å². The standard InChI is InChI=1S/C15H20N2O3/c1-11-3-2-6-17(10-11)15(18)16-12-4-5-13-14(9-12)20-8-7-19-13/h4-5,9,11H,2-3,6-8,10H2,1H3,(H,16,18)/t11-/m1/s1. The number of carbonyl (C=O) groups is 1. The highest BCUT2D eigenvalue weighted by atomic mass is 16.6. The second kappa shape index (κ2) is 5.61. The number of nitrogens with one attached hydrogen (secondary N) is 1. The topological polar surface area (TPSA) is 50.8 Å². The molecule has 2 amide bonds. The molecule has 108 valence electrons. The van der Waals surface area contributed by atoms with Crippen molar-refractivity contribution < 1.29 is 14.3 Å². The third-order valence-electron chi connectivity index (χ3n) is 3.74. The van der Waals surface area contributed by atoms with Gasteiger partial charge < -0.3 is 19.7 Å². The number of amides is 2. The van der Waals surface area contributed by atoms with Gasteiger partial charge in [-0.2, -0.15) is 0 Å². The molecule has 1 saturated heterocycles. The smallest absolute Gasteiger partial charge is 0.321 e. The van der Waals surface area contributed by atoms with E-state index in [1.807, 2.05) is 23.1 Å². The van der Waals surface area contributed by atoms with Gasteiger partial charge in [0.25, 0.3) is 0 Å². The monoisotopic (exact) mass is 276 g/mol. The van der Waals surface area contributed by atoms with Gasteiger partial charge in [-0.1, -0.05) is 6.92 Å². The molecule has 5 heteroatoms. The minimum atomic E-state index is -0.0340. The Morgan fingerprint density at radius 3 is 2.90 bits per heavy atom. The van der Waals surface area contributed by atoms with Crippen molar-refractivity contribution in [3.63, 3.8) is 0 Å². The van der Waals surface area contributed by atoms with Crippen LogP contribution in [0.2, 0.25) is 0 Å². The fourth-order valence-corrected chi connectivity index (χ4v) is 2.70. The molecule has 0 radical (unpaired) electrons. The Morgan fingerprint density at radius 1 is 1.30 bits per heavy atom. The number of rotatable bonds is 1. The first-order chi connectivity index (χ1) is 9.72. The lowest BCUT2D eigenvalue weighted by Gasteiger charge is -2.31. The third kappa shape index (κ3) is 2.81. The minimum Gasteiger partial charge on any atom is -0.486 e. The number of hydrogen-bond donors (Lipinski definition) is 1. The van der Waals surface area contributed by atoms with Gasteiger partial charge in [0.2, 0.25) is 0 Å². The molecule has 0 unspecified atom stereocenters. The van der Waals surface area contributed by atoms with E-state index in [0.717, 1.165) is 30.9 Å². The highest BCUT2D eigenvalue weighted by Gasteiger charge is 2.21. The van der Waals surface area contributed by atoms with Crippen molar-refractivity contribution in [3.8, 4) is 11.5 Å². The van der Waals surface area contributed by atoms with Crippen molar-refractivity contribution in [1.82, 2.24) is 4.90 Å². The van der Waals surface area contributed by atoms with E-state index >= 15 is 0 Å². The van der Waals surface area contributed by atoms with Crippen molar-refractivity contribution in [1.29, 1.82) is 0 Å². The molecular weight excluding hydrogens is 256 g/mol. The summed E-state index contributed by atoms with van der Waals surface area (Å²) >= 11 is 0. The average Bonchev–Trinajstić information content (AvgIpc) is 2.47. The van der Waals surface area contributed by atoms with Crippen LogP contribution in [-0.4, -0.2) is 37.2 Å². The number of fused-ring (bicyclic) bond motifs is 1. The molecule has 2 heterocycles. The van der Waals surface area contributed by atoms with E-state index in [2.05, 4.69) is 12.2 Å². The van der Waals surface area contributed by atoms with Crippen molar-refractivity contribution in [2.75, 3.05) is 31.6 Å². The number of carbonyl (C=O) groups excluding carboxylic acids is 1. The normalized spacial score (nSPS) is 21.4. The van der Waals surface area contributed by atoms with Crippen molar-refractivity contribution in [2.24, 2.45) is 5.92 Å². The van der Waals surface area contributed by atoms with Gasteiger partial charge in [0.1, 0.15) is 13.2 Å². The first kappa shape index (κ1) is 13.1. The number of anilines is 1. The largest absolute Gasteiger partial charge is 0.486 e. The molecule has 0 aliphatic carbocycles. The molecule has 5 nitrogen and oxygen atoms in total. The number of nitrogens with zero attached hydrogens (tertiary/aromatic N) is 1. The maximum Gasteiger partial charge on any atom is 0.321 e. The van der Waals surface area contributed by atoms with Gasteiger partial charge in [0.05, 0.1) is 0 Å². The number of benzene rings is 1. The average molecular weight is 276 g/mol. The van der Waals surface area contributed by atoms with Gasteiger partial charge in [-0.3, -0.25) is 0 Å². The predicted molar refractivity (Wildman–Crippen MR) is 76.4 cm³/mol. The molecule has 0 spiro atoms. The predicted octanol–water partition coefficient (Wildman–Crippen LogP) is 2.72. The molecule has 1 N–H and O–H groups in total. The maximum absolute atomic E-state index is 12.2. The van der Waals surface area contributed by atoms with Crippen LogP contribution in [0.25, 0.3) is 0 Å². The van der Waals surface area contributed by atoms with E-state index in [0.29, 0.717) is 24.9 Å². The molecule has 1 aromatic rings. The zero-order valence-electron chi connectivity index (χ0n) is 11.7. The van der Waals surface area contributed by atoms with Crippen LogP contribution in [0.15, 0.2) is 18.2 Å². The molecule has 20 heavy (non-hydrogen) atoms. The molecule has 0 bridgehead atoms. The zero-order valence-corrected chi connectivity index (χ0v) is 11.7. The molecule has 1 aromatic carbocycles. The lowest BCUT2D eigenvalue weighted by molar-refractivity contribution is 0.171. The van der Waals surface area contributed by atoms with Crippen LogP contribution in [0.1, 0.15) is 19.8 Å². The van der Waals surface area contributed by atoms with E-state index in [1.54, 1.807) is 0 Å². The lowest BCUT2D eigenvalue weighted by Crippen LogP contribution is -2.41. The Morgan fingerprint density at radius 2 is 2.10 bits per heavy atom. The molecule has 0 saturated carbocycles. The van der Waals surface area contributed by atoms with Gasteiger partial charge >= 0.3 is 6.03 Å². The lowest BCUT2D eigenvalue weighted by atomic mass is 10.0. The quantitative estimate of drug-likeness (QED) is 0.858. The van der Waals surface area contributed by atoms with E-state index in [-0.39, 0.29) is 6.03 Å². The van der Waals surface area contributed by atoms with E-state index < -0.39 is 0 Å². The van der Waals surface area contributed by atoms with Crippen LogP contribution < -0.4 is 14.8 Å². The summed E-state index contributed by atoms with van der Waals surface area (Å²) in [5, 5.41) is 2.93. The van der Waals surface area contributed by atoms with Crippen molar-refractivity contribution >= 4 is 11.7 Å². The number of ether oxygens (including phenoxy) is 2. The summed E-state index contributed by atoms with van der Waals surface area (Å²) in [6, 6.07) is 5.47. The van der Waals surface area contributed by atoms with E-state index in [1.165, 1.54) is 6.42 Å². The molecule has 2 aliphatic rings. The molecule has 3 rings (SSSR count). The Kier molecular flexibility index (Phi) is 3.67. The van der Waals surface area contributed by atoms with E-state index in [4.69, 9.17) is 9.47 Å². The Balaban J connectivity index is 1.66. The number of urea groups is 1. The van der Waals surface area contributed by atoms with Crippen LogP contribution in [0.4, 0.5) is 10.5 Å². The van der Waals surface area contributed by atoms with Gasteiger partial charge in [0.15, 0.2) is 11.5 Å². The third-order valence-corrected chi connectivity index (χ3v) is 3.74. The van der Waals surface area contributed by atoms with Gasteiger partial charge in [-0.25, -0.2) is 4.79 Å². The molecule has 1 fully saturated rings. The SMILES string of the molecule is C[C@@H]1CCCN(C(=O)Nc2ccc3c(c2)OCCO3)C1. The number of likely N-dealkylation sites (tertiary alicyclic amines) is 1. The van der Waals surface area contributed by atoms with E-state index in [9.17, 15) is 4.79 Å². The summed E-state index contributed by atoms with van der Waals surface area (Å²) in [5.41, 5.74) is 0.748.